The van der Waals surface area contributed by atoms with E-state index in [-0.39, 0.29) is 5.91 Å². The van der Waals surface area contributed by atoms with Crippen LogP contribution in [0.1, 0.15) is 43.7 Å². The first kappa shape index (κ1) is 19.6. The van der Waals surface area contributed by atoms with Gasteiger partial charge >= 0.3 is 0 Å². The van der Waals surface area contributed by atoms with Crippen LogP contribution in [0.3, 0.4) is 0 Å². The number of carbonyl (C=O) groups is 1. The molecule has 4 nitrogen and oxygen atoms in total. The number of rotatable bonds is 9. The molecule has 1 N–H and O–H groups in total. The zero-order chi connectivity index (χ0) is 19.6. The highest BCUT2D eigenvalue weighted by Gasteiger charge is 2.02. The van der Waals surface area contributed by atoms with Gasteiger partial charge in [0.1, 0.15) is 12.4 Å². The number of ether oxygens (including phenoxy) is 1. The van der Waals surface area contributed by atoms with Gasteiger partial charge in [0.05, 0.1) is 6.21 Å². The fourth-order valence-electron chi connectivity index (χ4n) is 3.03. The van der Waals surface area contributed by atoms with Crippen molar-refractivity contribution in [3.63, 3.8) is 0 Å². The molecule has 0 aliphatic rings. The van der Waals surface area contributed by atoms with Crippen LogP contribution in [0.2, 0.25) is 0 Å². The van der Waals surface area contributed by atoms with Crippen LogP contribution in [-0.2, 0) is 11.4 Å². The molecule has 1 amide bonds. The van der Waals surface area contributed by atoms with Gasteiger partial charge in [0.15, 0.2) is 0 Å². The minimum Gasteiger partial charge on any atom is -0.489 e. The third-order valence-electron chi connectivity index (χ3n) is 4.54. The third kappa shape index (κ3) is 5.68. The Bertz CT molecular complexity index is 945. The number of nitrogens with one attached hydrogen (secondary N) is 1. The molecule has 0 unspecified atom stereocenters. The highest BCUT2D eigenvalue weighted by Crippen LogP contribution is 2.21. The van der Waals surface area contributed by atoms with E-state index in [9.17, 15) is 4.79 Å². The van der Waals surface area contributed by atoms with Crippen molar-refractivity contribution in [1.82, 2.24) is 5.43 Å². The maximum atomic E-state index is 11.7. The first-order chi connectivity index (χ1) is 13.8. The fraction of sp³-hybridized carbons (Fsp3) is 0.250. The molecule has 4 heteroatoms. The predicted molar refractivity (Wildman–Crippen MR) is 115 cm³/mol. The van der Waals surface area contributed by atoms with Crippen LogP contribution in [0.15, 0.2) is 71.8 Å². The zero-order valence-corrected chi connectivity index (χ0v) is 16.2. The van der Waals surface area contributed by atoms with E-state index >= 15 is 0 Å². The molecule has 0 heterocycles. The second-order valence-electron chi connectivity index (χ2n) is 6.75. The molecule has 3 aromatic carbocycles. The minimum atomic E-state index is -0.0481. The van der Waals surface area contributed by atoms with Crippen molar-refractivity contribution in [3.05, 3.63) is 77.9 Å². The summed E-state index contributed by atoms with van der Waals surface area (Å²) in [5.41, 5.74) is 4.61. The smallest absolute Gasteiger partial charge is 0.240 e. The van der Waals surface area contributed by atoms with E-state index in [0.717, 1.165) is 36.1 Å². The summed E-state index contributed by atoms with van der Waals surface area (Å²) in [5, 5.41) is 6.45. The Morgan fingerprint density at radius 1 is 1.04 bits per heavy atom. The van der Waals surface area contributed by atoms with Crippen LogP contribution in [0.4, 0.5) is 0 Å². The van der Waals surface area contributed by atoms with Crippen molar-refractivity contribution >= 4 is 22.9 Å². The lowest BCUT2D eigenvalue weighted by atomic mass is 10.1. The maximum absolute atomic E-state index is 11.7. The molecular weight excluding hydrogens is 348 g/mol. The number of benzene rings is 3. The molecule has 0 atom stereocenters. The van der Waals surface area contributed by atoms with Crippen LogP contribution in [0, 0.1) is 0 Å². The second kappa shape index (κ2) is 10.3. The summed E-state index contributed by atoms with van der Waals surface area (Å²) in [7, 11) is 0. The molecule has 0 aliphatic heterocycles. The highest BCUT2D eigenvalue weighted by molar-refractivity contribution is 5.85. The molecule has 0 aliphatic carbocycles. The standard InChI is InChI=1S/C24H26N2O2/c1-2-3-4-15-24(27)26-25-17-19-9-7-13-22(16-19)28-18-21-12-8-11-20-10-5-6-14-23(20)21/h5-14,16-17H,2-4,15,18H2,1H3,(H,26,27). The molecule has 0 bridgehead atoms. The van der Waals surface area contributed by atoms with Crippen molar-refractivity contribution < 1.29 is 9.53 Å². The molecule has 3 rings (SSSR count). The normalized spacial score (nSPS) is 11.0. The molecule has 144 valence electrons. The fourth-order valence-corrected chi connectivity index (χ4v) is 3.03. The average Bonchev–Trinajstić information content (AvgIpc) is 2.73. The van der Waals surface area contributed by atoms with Crippen LogP contribution in [-0.4, -0.2) is 12.1 Å². The lowest BCUT2D eigenvalue weighted by molar-refractivity contribution is -0.121. The number of amides is 1. The van der Waals surface area contributed by atoms with Gasteiger partial charge in [-0.1, -0.05) is 74.4 Å². The SMILES string of the molecule is CCCCCC(=O)NN=Cc1cccc(OCc2cccc3ccccc23)c1. The summed E-state index contributed by atoms with van der Waals surface area (Å²) in [6.07, 6.45) is 5.21. The van der Waals surface area contributed by atoms with Gasteiger partial charge in [-0.2, -0.15) is 5.10 Å². The van der Waals surface area contributed by atoms with E-state index < -0.39 is 0 Å². The van der Waals surface area contributed by atoms with Gasteiger partial charge in [0, 0.05) is 6.42 Å². The van der Waals surface area contributed by atoms with E-state index in [0.29, 0.717) is 13.0 Å². The number of hydrogen-bond acceptors (Lipinski definition) is 3. The van der Waals surface area contributed by atoms with Gasteiger partial charge in [-0.25, -0.2) is 5.43 Å². The number of carbonyl (C=O) groups excluding carboxylic acids is 1. The molecule has 0 saturated heterocycles. The minimum absolute atomic E-state index is 0.0481. The molecule has 28 heavy (non-hydrogen) atoms. The van der Waals surface area contributed by atoms with Gasteiger partial charge in [0.2, 0.25) is 5.91 Å². The van der Waals surface area contributed by atoms with E-state index in [4.69, 9.17) is 4.74 Å². The first-order valence-corrected chi connectivity index (χ1v) is 9.77. The molecule has 0 spiro atoms. The van der Waals surface area contributed by atoms with Gasteiger partial charge in [-0.15, -0.1) is 0 Å². The maximum Gasteiger partial charge on any atom is 0.240 e. The number of unbranched alkanes of at least 4 members (excludes halogenated alkanes) is 2. The van der Waals surface area contributed by atoms with E-state index in [2.05, 4.69) is 41.7 Å². The number of hydrogen-bond donors (Lipinski definition) is 1. The summed E-state index contributed by atoms with van der Waals surface area (Å²) in [4.78, 5) is 11.7. The highest BCUT2D eigenvalue weighted by atomic mass is 16.5. The summed E-state index contributed by atoms with van der Waals surface area (Å²) in [5.74, 6) is 0.721. The Labute approximate surface area is 166 Å². The van der Waals surface area contributed by atoms with Gasteiger partial charge in [0.25, 0.3) is 0 Å². The summed E-state index contributed by atoms with van der Waals surface area (Å²) in [6, 6.07) is 22.2. The lowest BCUT2D eigenvalue weighted by Gasteiger charge is -2.09. The van der Waals surface area contributed by atoms with Crippen molar-refractivity contribution in [1.29, 1.82) is 0 Å². The molecule has 3 aromatic rings. The largest absolute Gasteiger partial charge is 0.489 e. The zero-order valence-electron chi connectivity index (χ0n) is 16.2. The van der Waals surface area contributed by atoms with Crippen molar-refractivity contribution in [2.75, 3.05) is 0 Å². The van der Waals surface area contributed by atoms with E-state index in [1.54, 1.807) is 6.21 Å². The van der Waals surface area contributed by atoms with Crippen LogP contribution < -0.4 is 10.2 Å². The van der Waals surface area contributed by atoms with Gasteiger partial charge in [-0.3, -0.25) is 4.79 Å². The van der Waals surface area contributed by atoms with Crippen LogP contribution in [0.5, 0.6) is 5.75 Å². The van der Waals surface area contributed by atoms with Crippen LogP contribution >= 0.6 is 0 Å². The van der Waals surface area contributed by atoms with Crippen molar-refractivity contribution in [3.8, 4) is 5.75 Å². The molecule has 0 fully saturated rings. The quantitative estimate of drug-likeness (QED) is 0.308. The molecule has 0 aromatic heterocycles. The van der Waals surface area contributed by atoms with E-state index in [1.807, 2.05) is 42.5 Å². The molecule has 0 radical (unpaired) electrons. The summed E-state index contributed by atoms with van der Waals surface area (Å²) >= 11 is 0. The number of nitrogens with zero attached hydrogens (tertiary/aromatic N) is 1. The number of fused-ring (bicyclic) bond motifs is 1. The predicted octanol–water partition coefficient (Wildman–Crippen LogP) is 5.45. The van der Waals surface area contributed by atoms with Gasteiger partial charge < -0.3 is 4.74 Å². The second-order valence-corrected chi connectivity index (χ2v) is 6.75. The number of hydrazone groups is 1. The summed E-state index contributed by atoms with van der Waals surface area (Å²) < 4.78 is 5.98. The van der Waals surface area contributed by atoms with Crippen molar-refractivity contribution in [2.24, 2.45) is 5.10 Å². The van der Waals surface area contributed by atoms with Crippen LogP contribution in [0.25, 0.3) is 10.8 Å². The summed E-state index contributed by atoms with van der Waals surface area (Å²) in [6.45, 7) is 2.61. The average molecular weight is 374 g/mol. The molecular formula is C24H26N2O2. The Morgan fingerprint density at radius 3 is 2.75 bits per heavy atom. The first-order valence-electron chi connectivity index (χ1n) is 9.77. The monoisotopic (exact) mass is 374 g/mol. The topological polar surface area (TPSA) is 50.7 Å². The van der Waals surface area contributed by atoms with E-state index in [1.165, 1.54) is 10.8 Å². The Hall–Kier alpha value is -3.14. The van der Waals surface area contributed by atoms with Crippen molar-refractivity contribution in [2.45, 2.75) is 39.2 Å². The third-order valence-corrected chi connectivity index (χ3v) is 4.54. The Balaban J connectivity index is 1.57. The Morgan fingerprint density at radius 2 is 1.86 bits per heavy atom. The molecule has 0 saturated carbocycles. The lowest BCUT2D eigenvalue weighted by Crippen LogP contribution is -2.16. The van der Waals surface area contributed by atoms with Gasteiger partial charge in [-0.05, 0) is 40.5 Å². The Kier molecular flexibility index (Phi) is 7.19.